The number of nitrogens with one attached hydrogen (secondary N) is 1. The summed E-state index contributed by atoms with van der Waals surface area (Å²) in [6, 6.07) is 4.17. The Hall–Kier alpha value is -0.870. The summed E-state index contributed by atoms with van der Waals surface area (Å²) in [5.41, 5.74) is -0.340. The average Bonchev–Trinajstić information content (AvgIpc) is 3.01. The molecular weight excluding hydrogens is 280 g/mol. The van der Waals surface area contributed by atoms with Gasteiger partial charge in [-0.15, -0.1) is 11.3 Å². The third kappa shape index (κ3) is 3.02. The van der Waals surface area contributed by atoms with E-state index in [0.717, 1.165) is 13.0 Å². The lowest BCUT2D eigenvalue weighted by molar-refractivity contribution is -0.134. The van der Waals surface area contributed by atoms with Crippen LogP contribution in [0.2, 0.25) is 0 Å². The second-order valence-corrected chi connectivity index (χ2v) is 8.30. The Morgan fingerprint density at radius 2 is 2.14 bits per heavy atom. The zero-order chi connectivity index (χ0) is 15.8. The molecule has 2 heterocycles. The van der Waals surface area contributed by atoms with Crippen LogP contribution in [0, 0.1) is 11.3 Å². The lowest BCUT2D eigenvalue weighted by atomic mass is 9.80. The van der Waals surface area contributed by atoms with Crippen LogP contribution >= 0.6 is 11.3 Å². The van der Waals surface area contributed by atoms with E-state index < -0.39 is 5.54 Å². The lowest BCUT2D eigenvalue weighted by Gasteiger charge is -2.36. The molecule has 1 aromatic rings. The molecule has 0 saturated carbocycles. The monoisotopic (exact) mass is 308 g/mol. The first-order valence-corrected chi connectivity index (χ1v) is 8.71. The van der Waals surface area contributed by atoms with E-state index in [-0.39, 0.29) is 17.5 Å². The average molecular weight is 308 g/mol. The normalized spacial score (nSPS) is 26.9. The molecule has 1 aliphatic rings. The Bertz CT molecular complexity index is 495. The van der Waals surface area contributed by atoms with Crippen LogP contribution in [0.15, 0.2) is 17.5 Å². The second-order valence-electron chi connectivity index (χ2n) is 7.32. The summed E-state index contributed by atoms with van der Waals surface area (Å²) in [5, 5.41) is 5.65. The van der Waals surface area contributed by atoms with Gasteiger partial charge in [0.25, 0.3) is 0 Å². The number of carbonyl (C=O) groups excluding carboxylic acids is 1. The number of nitrogens with zero attached hydrogens (tertiary/aromatic N) is 1. The molecule has 0 spiro atoms. The fourth-order valence-corrected chi connectivity index (χ4v) is 3.37. The van der Waals surface area contributed by atoms with Crippen molar-refractivity contribution in [1.82, 2.24) is 10.2 Å². The zero-order valence-electron chi connectivity index (χ0n) is 14.1. The number of rotatable bonds is 5. The van der Waals surface area contributed by atoms with Crippen LogP contribution in [0.1, 0.15) is 59.0 Å². The molecule has 21 heavy (non-hydrogen) atoms. The first kappa shape index (κ1) is 16.5. The Morgan fingerprint density at radius 1 is 1.48 bits per heavy atom. The van der Waals surface area contributed by atoms with Gasteiger partial charge in [-0.1, -0.05) is 40.7 Å². The van der Waals surface area contributed by atoms with E-state index in [0.29, 0.717) is 5.92 Å². The third-order valence-electron chi connectivity index (χ3n) is 5.16. The van der Waals surface area contributed by atoms with Gasteiger partial charge in [0.15, 0.2) is 0 Å². The van der Waals surface area contributed by atoms with Crippen molar-refractivity contribution in [1.29, 1.82) is 0 Å². The molecule has 1 aromatic heterocycles. The van der Waals surface area contributed by atoms with Crippen molar-refractivity contribution in [2.24, 2.45) is 11.3 Å². The largest absolute Gasteiger partial charge is 0.320 e. The molecule has 0 aromatic carbocycles. The minimum absolute atomic E-state index is 0.0143. The standard InChI is InChI=1S/C17H28N2OS/c1-7-17(6)15(20)19(11-16(4,5)12(2)3)14(18-17)13-9-8-10-21-13/h8-10,12,14,18H,7,11H2,1-6H3. The van der Waals surface area contributed by atoms with E-state index in [1.165, 1.54) is 4.88 Å². The highest BCUT2D eigenvalue weighted by molar-refractivity contribution is 7.10. The summed E-state index contributed by atoms with van der Waals surface area (Å²) in [5.74, 6) is 0.764. The molecule has 2 unspecified atom stereocenters. The van der Waals surface area contributed by atoms with Gasteiger partial charge in [-0.05, 0) is 36.1 Å². The molecule has 0 bridgehead atoms. The predicted octanol–water partition coefficient (Wildman–Crippen LogP) is 4.03. The third-order valence-corrected chi connectivity index (χ3v) is 6.09. The molecular formula is C17H28N2OS. The highest BCUT2D eigenvalue weighted by Crippen LogP contribution is 2.38. The van der Waals surface area contributed by atoms with Gasteiger partial charge in [0.1, 0.15) is 6.17 Å². The molecule has 1 saturated heterocycles. The van der Waals surface area contributed by atoms with E-state index in [2.05, 4.69) is 62.3 Å². The molecule has 4 heteroatoms. The summed E-state index contributed by atoms with van der Waals surface area (Å²) in [6.07, 6.45) is 0.826. The van der Waals surface area contributed by atoms with Gasteiger partial charge in [0.2, 0.25) is 5.91 Å². The summed E-state index contributed by atoms with van der Waals surface area (Å²) < 4.78 is 0. The van der Waals surface area contributed by atoms with Crippen molar-refractivity contribution in [2.45, 2.75) is 59.7 Å². The molecule has 1 amide bonds. The van der Waals surface area contributed by atoms with Crippen LogP contribution in [0.3, 0.4) is 0 Å². The maximum absolute atomic E-state index is 12.9. The number of amides is 1. The van der Waals surface area contributed by atoms with E-state index >= 15 is 0 Å². The highest BCUT2D eigenvalue weighted by atomic mass is 32.1. The Kier molecular flexibility index (Phi) is 4.50. The van der Waals surface area contributed by atoms with E-state index in [4.69, 9.17) is 0 Å². The van der Waals surface area contributed by atoms with E-state index in [9.17, 15) is 4.79 Å². The van der Waals surface area contributed by atoms with Gasteiger partial charge in [0.05, 0.1) is 5.54 Å². The van der Waals surface area contributed by atoms with Crippen molar-refractivity contribution in [2.75, 3.05) is 6.54 Å². The summed E-state index contributed by atoms with van der Waals surface area (Å²) in [7, 11) is 0. The topological polar surface area (TPSA) is 32.3 Å². The fourth-order valence-electron chi connectivity index (χ4n) is 2.59. The molecule has 3 nitrogen and oxygen atoms in total. The minimum atomic E-state index is -0.443. The van der Waals surface area contributed by atoms with Gasteiger partial charge in [-0.25, -0.2) is 0 Å². The maximum atomic E-state index is 12.9. The molecule has 1 aliphatic heterocycles. The van der Waals surface area contributed by atoms with Crippen molar-refractivity contribution < 1.29 is 4.79 Å². The first-order valence-electron chi connectivity index (χ1n) is 7.83. The van der Waals surface area contributed by atoms with Crippen LogP contribution in [0.25, 0.3) is 0 Å². The SMILES string of the molecule is CCC1(C)NC(c2cccs2)N(CC(C)(C)C(C)C)C1=O. The van der Waals surface area contributed by atoms with Crippen molar-refractivity contribution in [3.63, 3.8) is 0 Å². The second kappa shape index (κ2) is 5.73. The maximum Gasteiger partial charge on any atom is 0.244 e. The molecule has 0 aliphatic carbocycles. The summed E-state index contributed by atoms with van der Waals surface area (Å²) >= 11 is 1.72. The smallest absolute Gasteiger partial charge is 0.244 e. The van der Waals surface area contributed by atoms with Crippen LogP contribution in [0.5, 0.6) is 0 Å². The predicted molar refractivity (Wildman–Crippen MR) is 89.2 cm³/mol. The number of hydrogen-bond acceptors (Lipinski definition) is 3. The molecule has 1 fully saturated rings. The van der Waals surface area contributed by atoms with E-state index in [1.54, 1.807) is 11.3 Å². The Balaban J connectivity index is 2.32. The molecule has 1 N–H and O–H groups in total. The highest BCUT2D eigenvalue weighted by Gasteiger charge is 2.49. The van der Waals surface area contributed by atoms with Crippen LogP contribution in [-0.2, 0) is 4.79 Å². The Labute approximate surface area is 132 Å². The fraction of sp³-hybridized carbons (Fsp3) is 0.706. The summed E-state index contributed by atoms with van der Waals surface area (Å²) in [6.45, 7) is 13.8. The molecule has 2 rings (SSSR count). The van der Waals surface area contributed by atoms with Crippen LogP contribution in [0.4, 0.5) is 0 Å². The minimum Gasteiger partial charge on any atom is -0.320 e. The summed E-state index contributed by atoms with van der Waals surface area (Å²) in [4.78, 5) is 16.2. The molecule has 118 valence electrons. The number of hydrogen-bond donors (Lipinski definition) is 1. The van der Waals surface area contributed by atoms with Crippen molar-refractivity contribution in [3.05, 3.63) is 22.4 Å². The van der Waals surface area contributed by atoms with Gasteiger partial charge in [-0.2, -0.15) is 0 Å². The zero-order valence-corrected chi connectivity index (χ0v) is 14.9. The van der Waals surface area contributed by atoms with Crippen molar-refractivity contribution in [3.8, 4) is 0 Å². The van der Waals surface area contributed by atoms with Crippen LogP contribution in [-0.4, -0.2) is 22.9 Å². The van der Waals surface area contributed by atoms with Gasteiger partial charge >= 0.3 is 0 Å². The number of carbonyl (C=O) groups is 1. The van der Waals surface area contributed by atoms with E-state index in [1.807, 2.05) is 6.92 Å². The molecule has 0 radical (unpaired) electrons. The van der Waals surface area contributed by atoms with Crippen molar-refractivity contribution >= 4 is 17.2 Å². The van der Waals surface area contributed by atoms with Gasteiger partial charge in [-0.3, -0.25) is 10.1 Å². The first-order chi connectivity index (χ1) is 9.71. The van der Waals surface area contributed by atoms with Crippen LogP contribution < -0.4 is 5.32 Å². The lowest BCUT2D eigenvalue weighted by Crippen LogP contribution is -2.44. The number of thiophene rings is 1. The van der Waals surface area contributed by atoms with Gasteiger partial charge < -0.3 is 4.90 Å². The molecule has 2 atom stereocenters. The Morgan fingerprint density at radius 3 is 2.62 bits per heavy atom. The quantitative estimate of drug-likeness (QED) is 0.890. The van der Waals surface area contributed by atoms with Gasteiger partial charge in [0, 0.05) is 11.4 Å².